The van der Waals surface area contributed by atoms with Crippen molar-refractivity contribution in [3.05, 3.63) is 24.3 Å². The Kier molecular flexibility index (Phi) is 5.49. The maximum atomic E-state index is 11.7. The quantitative estimate of drug-likeness (QED) is 0.771. The summed E-state index contributed by atoms with van der Waals surface area (Å²) in [4.78, 5) is 11.7. The number of anilines is 1. The van der Waals surface area contributed by atoms with E-state index in [1.165, 1.54) is 0 Å². The second-order valence-electron chi connectivity index (χ2n) is 4.37. The molecular formula is C13H21N2O2+. The number of carbonyl (C=O) groups excluding carboxylic acids is 1. The highest BCUT2D eigenvalue weighted by Gasteiger charge is 2.08. The zero-order valence-corrected chi connectivity index (χ0v) is 10.7. The topological polar surface area (TPSA) is 54.9 Å². The van der Waals surface area contributed by atoms with Gasteiger partial charge in [0.25, 0.3) is 5.91 Å². The molecule has 3 N–H and O–H groups in total. The Balaban J connectivity index is 2.45. The number of quaternary nitrogens is 1. The summed E-state index contributed by atoms with van der Waals surface area (Å²) in [5, 5.41) is 4.85. The van der Waals surface area contributed by atoms with E-state index in [1.807, 2.05) is 29.6 Å². The molecule has 4 heteroatoms. The number of carbonyl (C=O) groups is 1. The molecule has 1 rings (SSSR count). The molecule has 0 fully saturated rings. The van der Waals surface area contributed by atoms with E-state index in [4.69, 9.17) is 4.74 Å². The van der Waals surface area contributed by atoms with Crippen LogP contribution in [0.25, 0.3) is 0 Å². The lowest BCUT2D eigenvalue weighted by atomic mass is 10.2. The number of nitrogens with one attached hydrogen (secondary N) is 1. The van der Waals surface area contributed by atoms with Crippen LogP contribution in [0.15, 0.2) is 24.3 Å². The van der Waals surface area contributed by atoms with Gasteiger partial charge in [0.2, 0.25) is 0 Å². The highest BCUT2D eigenvalue weighted by Crippen LogP contribution is 2.22. The lowest BCUT2D eigenvalue weighted by molar-refractivity contribution is -0.648. The second kappa shape index (κ2) is 6.91. The molecule has 0 aliphatic rings. The van der Waals surface area contributed by atoms with Gasteiger partial charge in [0.15, 0.2) is 6.54 Å². The van der Waals surface area contributed by atoms with Crippen LogP contribution in [0.5, 0.6) is 5.75 Å². The third-order valence-corrected chi connectivity index (χ3v) is 2.35. The molecule has 0 unspecified atom stereocenters. The lowest BCUT2D eigenvalue weighted by Crippen LogP contribution is -2.87. The lowest BCUT2D eigenvalue weighted by Gasteiger charge is -2.09. The van der Waals surface area contributed by atoms with Crippen LogP contribution in [0, 0.1) is 5.92 Å². The largest absolute Gasteiger partial charge is 0.495 e. The smallest absolute Gasteiger partial charge is 0.279 e. The summed E-state index contributed by atoms with van der Waals surface area (Å²) in [5.41, 5.74) is 0.720. The van der Waals surface area contributed by atoms with Crippen molar-refractivity contribution in [3.63, 3.8) is 0 Å². The van der Waals surface area contributed by atoms with E-state index in [-0.39, 0.29) is 5.91 Å². The van der Waals surface area contributed by atoms with Crippen LogP contribution in [0.3, 0.4) is 0 Å². The summed E-state index contributed by atoms with van der Waals surface area (Å²) < 4.78 is 5.16. The first kappa shape index (κ1) is 13.5. The number of amides is 1. The normalized spacial score (nSPS) is 10.4. The van der Waals surface area contributed by atoms with Gasteiger partial charge >= 0.3 is 0 Å². The molecule has 1 amide bonds. The predicted octanol–water partition coefficient (Wildman–Crippen LogP) is 0.853. The zero-order valence-electron chi connectivity index (χ0n) is 10.7. The number of ether oxygens (including phenoxy) is 1. The molecule has 17 heavy (non-hydrogen) atoms. The highest BCUT2D eigenvalue weighted by molar-refractivity contribution is 5.92. The van der Waals surface area contributed by atoms with Crippen molar-refractivity contribution in [2.75, 3.05) is 25.5 Å². The number of hydrogen-bond donors (Lipinski definition) is 2. The second-order valence-corrected chi connectivity index (χ2v) is 4.37. The minimum absolute atomic E-state index is 0.00449. The third-order valence-electron chi connectivity index (χ3n) is 2.35. The number of para-hydroxylation sites is 2. The van der Waals surface area contributed by atoms with Gasteiger partial charge in [-0.2, -0.15) is 0 Å². The first-order valence-electron chi connectivity index (χ1n) is 5.88. The SMILES string of the molecule is COc1ccccc1NC(=O)C[NH2+]CC(C)C. The first-order valence-corrected chi connectivity index (χ1v) is 5.88. The molecule has 0 saturated carbocycles. The number of benzene rings is 1. The average molecular weight is 237 g/mol. The van der Waals surface area contributed by atoms with Gasteiger partial charge in [-0.25, -0.2) is 0 Å². The molecule has 0 radical (unpaired) electrons. The monoisotopic (exact) mass is 237 g/mol. The Morgan fingerprint density at radius 3 is 2.76 bits per heavy atom. The fourth-order valence-corrected chi connectivity index (χ4v) is 1.50. The molecule has 0 heterocycles. The van der Waals surface area contributed by atoms with E-state index in [9.17, 15) is 4.79 Å². The van der Waals surface area contributed by atoms with E-state index in [2.05, 4.69) is 19.2 Å². The summed E-state index contributed by atoms with van der Waals surface area (Å²) in [5.74, 6) is 1.27. The van der Waals surface area contributed by atoms with Crippen LogP contribution < -0.4 is 15.4 Å². The van der Waals surface area contributed by atoms with Gasteiger partial charge in [0, 0.05) is 5.92 Å². The number of rotatable bonds is 6. The number of nitrogens with two attached hydrogens (primary N) is 1. The van der Waals surface area contributed by atoms with Crippen molar-refractivity contribution in [1.29, 1.82) is 0 Å². The van der Waals surface area contributed by atoms with Crippen molar-refractivity contribution in [2.24, 2.45) is 5.92 Å². The Morgan fingerprint density at radius 2 is 2.12 bits per heavy atom. The fraction of sp³-hybridized carbons (Fsp3) is 0.462. The van der Waals surface area contributed by atoms with Gasteiger partial charge in [-0.15, -0.1) is 0 Å². The summed E-state index contributed by atoms with van der Waals surface area (Å²) in [7, 11) is 1.59. The molecule has 0 aliphatic carbocycles. The van der Waals surface area contributed by atoms with Crippen LogP contribution in [0.2, 0.25) is 0 Å². The summed E-state index contributed by atoms with van der Waals surface area (Å²) >= 11 is 0. The minimum Gasteiger partial charge on any atom is -0.495 e. The van der Waals surface area contributed by atoms with E-state index in [0.29, 0.717) is 18.2 Å². The van der Waals surface area contributed by atoms with Gasteiger partial charge in [-0.1, -0.05) is 26.0 Å². The van der Waals surface area contributed by atoms with E-state index < -0.39 is 0 Å². The van der Waals surface area contributed by atoms with Gasteiger partial charge in [0.1, 0.15) is 5.75 Å². The Labute approximate surface area is 102 Å². The van der Waals surface area contributed by atoms with Gasteiger partial charge in [-0.05, 0) is 12.1 Å². The maximum absolute atomic E-state index is 11.7. The zero-order chi connectivity index (χ0) is 12.7. The molecular weight excluding hydrogens is 216 g/mol. The summed E-state index contributed by atoms with van der Waals surface area (Å²) in [6.07, 6.45) is 0. The average Bonchev–Trinajstić information content (AvgIpc) is 2.29. The van der Waals surface area contributed by atoms with Crippen molar-refractivity contribution in [1.82, 2.24) is 0 Å². The van der Waals surface area contributed by atoms with Crippen LogP contribution in [0.1, 0.15) is 13.8 Å². The molecule has 0 aromatic heterocycles. The van der Waals surface area contributed by atoms with E-state index in [1.54, 1.807) is 7.11 Å². The van der Waals surface area contributed by atoms with Crippen LogP contribution in [-0.2, 0) is 4.79 Å². The molecule has 1 aromatic carbocycles. The van der Waals surface area contributed by atoms with Crippen molar-refractivity contribution < 1.29 is 14.8 Å². The van der Waals surface area contributed by atoms with Crippen molar-refractivity contribution in [2.45, 2.75) is 13.8 Å². The van der Waals surface area contributed by atoms with Crippen LogP contribution in [0.4, 0.5) is 5.69 Å². The molecule has 94 valence electrons. The number of hydrogen-bond acceptors (Lipinski definition) is 2. The minimum atomic E-state index is -0.00449. The molecule has 0 saturated heterocycles. The molecule has 0 spiro atoms. The van der Waals surface area contributed by atoms with Crippen molar-refractivity contribution >= 4 is 11.6 Å². The third kappa shape index (κ3) is 4.87. The van der Waals surface area contributed by atoms with E-state index >= 15 is 0 Å². The van der Waals surface area contributed by atoms with Crippen LogP contribution in [-0.4, -0.2) is 26.1 Å². The van der Waals surface area contributed by atoms with Gasteiger partial charge < -0.3 is 15.4 Å². The standard InChI is InChI=1S/C13H20N2O2/c1-10(2)8-14-9-13(16)15-11-6-4-5-7-12(11)17-3/h4-7,10,14H,8-9H2,1-3H3,(H,15,16)/p+1. The van der Waals surface area contributed by atoms with Gasteiger partial charge in [-0.3, -0.25) is 4.79 Å². The number of methoxy groups -OCH3 is 1. The predicted molar refractivity (Wildman–Crippen MR) is 68.1 cm³/mol. The summed E-state index contributed by atoms with van der Waals surface area (Å²) in [6, 6.07) is 7.40. The first-order chi connectivity index (χ1) is 8.13. The molecule has 1 aromatic rings. The van der Waals surface area contributed by atoms with Gasteiger partial charge in [0.05, 0.1) is 19.3 Å². The van der Waals surface area contributed by atoms with E-state index in [0.717, 1.165) is 12.2 Å². The molecule has 0 aliphatic heterocycles. The Bertz CT molecular complexity index is 364. The summed E-state index contributed by atoms with van der Waals surface area (Å²) in [6.45, 7) is 5.67. The molecule has 0 bridgehead atoms. The Morgan fingerprint density at radius 1 is 1.41 bits per heavy atom. The molecule has 4 nitrogen and oxygen atoms in total. The maximum Gasteiger partial charge on any atom is 0.279 e. The fourth-order valence-electron chi connectivity index (χ4n) is 1.50. The van der Waals surface area contributed by atoms with Crippen LogP contribution >= 0.6 is 0 Å². The molecule has 0 atom stereocenters. The van der Waals surface area contributed by atoms with Crippen molar-refractivity contribution in [3.8, 4) is 5.75 Å². The Hall–Kier alpha value is -1.55. The highest BCUT2D eigenvalue weighted by atomic mass is 16.5.